The van der Waals surface area contributed by atoms with Crippen LogP contribution in [0.4, 0.5) is 8.78 Å². The highest BCUT2D eigenvalue weighted by Gasteiger charge is 2.47. The molecule has 1 N–H and O–H groups in total. The number of sulfonamides is 1. The lowest BCUT2D eigenvalue weighted by Gasteiger charge is -2.40. The predicted molar refractivity (Wildman–Crippen MR) is 165 cm³/mol. The average Bonchev–Trinajstić information content (AvgIpc) is 3.49. The molecule has 45 heavy (non-hydrogen) atoms. The molecule has 244 valence electrons. The zero-order valence-corrected chi connectivity index (χ0v) is 27.6. The number of aliphatic imine (C=N–C) groups is 1. The maximum absolute atomic E-state index is 14.8. The molecule has 10 nitrogen and oxygen atoms in total. The molecule has 0 amide bonds. The molecule has 2 aliphatic heterocycles. The summed E-state index contributed by atoms with van der Waals surface area (Å²) in [5.41, 5.74) is 0.381. The van der Waals surface area contributed by atoms with Crippen molar-refractivity contribution in [3.8, 4) is 0 Å². The van der Waals surface area contributed by atoms with E-state index in [0.29, 0.717) is 34.9 Å². The quantitative estimate of drug-likeness (QED) is 0.399. The Morgan fingerprint density at radius 3 is 2.44 bits per heavy atom. The second kappa shape index (κ2) is 12.9. The number of thiazole rings is 1. The maximum Gasteiger partial charge on any atom is 0.338 e. The normalized spacial score (nSPS) is 23.2. The molecule has 0 radical (unpaired) electrons. The van der Waals surface area contributed by atoms with Crippen LogP contribution in [0, 0.1) is 30.4 Å². The van der Waals surface area contributed by atoms with Crippen molar-refractivity contribution in [1.29, 1.82) is 0 Å². The van der Waals surface area contributed by atoms with Gasteiger partial charge in [0.05, 0.1) is 23.3 Å². The van der Waals surface area contributed by atoms with Crippen LogP contribution in [0.15, 0.2) is 40.0 Å². The number of carbonyl (C=O) groups is 2. The summed E-state index contributed by atoms with van der Waals surface area (Å²) in [6.45, 7) is 8.95. The lowest BCUT2D eigenvalue weighted by atomic mass is 9.85. The Balaban J connectivity index is 1.41. The van der Waals surface area contributed by atoms with Crippen LogP contribution in [0.25, 0.3) is 0 Å². The van der Waals surface area contributed by atoms with Crippen molar-refractivity contribution in [2.45, 2.75) is 77.2 Å². The van der Waals surface area contributed by atoms with Crippen molar-refractivity contribution in [1.82, 2.24) is 14.6 Å². The number of piperidine rings is 1. The van der Waals surface area contributed by atoms with Gasteiger partial charge in [0.2, 0.25) is 10.0 Å². The summed E-state index contributed by atoms with van der Waals surface area (Å²) in [5.74, 6) is -3.40. The molecule has 1 atom stereocenters. The molecule has 1 saturated carbocycles. The Bertz CT molecular complexity index is 1620. The highest BCUT2D eigenvalue weighted by atomic mass is 32.2. The Kier molecular flexibility index (Phi) is 9.48. The molecule has 3 aliphatic rings. The third-order valence-corrected chi connectivity index (χ3v) is 11.5. The first-order valence-electron chi connectivity index (χ1n) is 15.0. The largest absolute Gasteiger partial charge is 0.463 e. The van der Waals surface area contributed by atoms with E-state index in [9.17, 15) is 26.8 Å². The number of ether oxygens (including phenoxy) is 2. The summed E-state index contributed by atoms with van der Waals surface area (Å²) < 4.78 is 68.2. The van der Waals surface area contributed by atoms with Crippen molar-refractivity contribution in [3.05, 3.63) is 62.7 Å². The topological polar surface area (TPSA) is 127 Å². The fraction of sp³-hybridized carbons (Fsp3) is 0.548. The van der Waals surface area contributed by atoms with Gasteiger partial charge in [0.25, 0.3) is 0 Å². The van der Waals surface area contributed by atoms with Crippen LogP contribution in [0.3, 0.4) is 0 Å². The molecule has 1 aromatic heterocycles. The van der Waals surface area contributed by atoms with Crippen molar-refractivity contribution in [3.63, 3.8) is 0 Å². The highest BCUT2D eigenvalue weighted by Crippen LogP contribution is 2.41. The van der Waals surface area contributed by atoms with E-state index in [0.717, 1.165) is 6.07 Å². The van der Waals surface area contributed by atoms with E-state index in [1.807, 2.05) is 0 Å². The molecule has 1 aromatic carbocycles. The van der Waals surface area contributed by atoms with E-state index >= 15 is 0 Å². The number of hydrogen-bond acceptors (Lipinski definition) is 10. The van der Waals surface area contributed by atoms with E-state index in [4.69, 9.17) is 14.5 Å². The van der Waals surface area contributed by atoms with Gasteiger partial charge in [0.15, 0.2) is 22.5 Å². The van der Waals surface area contributed by atoms with Gasteiger partial charge >= 0.3 is 11.9 Å². The standard InChI is InChI=1S/C31H38F2N4O6S2/c1-6-42-30(39)23-25(35-27(28-34-11-14-44-28)36-26(23)21-7-8-22(32)24(33)17(21)2)18-9-12-37(13-10-18)45(40,41)20-15-19(16-20)29(38)43-31(3,4)5/h7-8,11,14,18-20,26H,6,9-10,12-13,15-16H2,1-5H3,(H,35,36). The number of benzene rings is 1. The minimum atomic E-state index is -3.65. The highest BCUT2D eigenvalue weighted by molar-refractivity contribution is 7.89. The molecule has 2 aromatic rings. The number of nitrogens with one attached hydrogen (secondary N) is 1. The Morgan fingerprint density at radius 2 is 1.84 bits per heavy atom. The van der Waals surface area contributed by atoms with Gasteiger partial charge in [0, 0.05) is 36.3 Å². The molecule has 1 aliphatic carbocycles. The summed E-state index contributed by atoms with van der Waals surface area (Å²) in [6.07, 6.45) is 2.84. The Morgan fingerprint density at radius 1 is 1.16 bits per heavy atom. The van der Waals surface area contributed by atoms with E-state index in [2.05, 4.69) is 10.3 Å². The SMILES string of the molecule is CCOC(=O)C1=C(C2CCN(S(=O)(=O)C3CC(C(=O)OC(C)(C)C)C3)CC2)NC(c2nccs2)=NC1c1ccc(F)c(F)c1C. The number of aromatic nitrogens is 1. The third kappa shape index (κ3) is 6.82. The number of nitrogens with zero attached hydrogens (tertiary/aromatic N) is 3. The Labute approximate surface area is 266 Å². The number of carbonyl (C=O) groups excluding carboxylic acids is 2. The summed E-state index contributed by atoms with van der Waals surface area (Å²) in [6, 6.07) is 1.43. The van der Waals surface area contributed by atoms with E-state index in [1.54, 1.807) is 39.3 Å². The first-order valence-corrected chi connectivity index (χ1v) is 17.4. The van der Waals surface area contributed by atoms with Gasteiger partial charge < -0.3 is 14.8 Å². The van der Waals surface area contributed by atoms with E-state index in [-0.39, 0.29) is 55.6 Å². The van der Waals surface area contributed by atoms with Crippen molar-refractivity contribution >= 4 is 39.1 Å². The monoisotopic (exact) mass is 664 g/mol. The molecule has 0 bridgehead atoms. The molecule has 1 saturated heterocycles. The van der Waals surface area contributed by atoms with Crippen LogP contribution < -0.4 is 5.32 Å². The minimum absolute atomic E-state index is 0.0244. The van der Waals surface area contributed by atoms with Crippen LogP contribution in [0.5, 0.6) is 0 Å². The van der Waals surface area contributed by atoms with Crippen molar-refractivity contribution < 1.29 is 36.3 Å². The van der Waals surface area contributed by atoms with Crippen LogP contribution in [0.1, 0.15) is 75.6 Å². The lowest BCUT2D eigenvalue weighted by molar-refractivity contribution is -0.162. The number of rotatable bonds is 8. The van der Waals surface area contributed by atoms with Crippen LogP contribution in [0.2, 0.25) is 0 Å². The van der Waals surface area contributed by atoms with Crippen LogP contribution in [-0.2, 0) is 29.1 Å². The first kappa shape index (κ1) is 33.1. The average molecular weight is 665 g/mol. The third-order valence-electron chi connectivity index (χ3n) is 8.36. The summed E-state index contributed by atoms with van der Waals surface area (Å²) >= 11 is 1.33. The first-order chi connectivity index (χ1) is 21.2. The van der Waals surface area contributed by atoms with Gasteiger partial charge in [-0.05, 0) is 77.5 Å². The predicted octanol–water partition coefficient (Wildman–Crippen LogP) is 4.80. The van der Waals surface area contributed by atoms with Crippen molar-refractivity contribution in [2.75, 3.05) is 19.7 Å². The fourth-order valence-corrected chi connectivity index (χ4v) is 8.63. The van der Waals surface area contributed by atoms with Gasteiger partial charge in [-0.15, -0.1) is 11.3 Å². The molecule has 1 unspecified atom stereocenters. The van der Waals surface area contributed by atoms with Crippen molar-refractivity contribution in [2.24, 2.45) is 16.8 Å². The second-order valence-electron chi connectivity index (χ2n) is 12.5. The molecule has 14 heteroatoms. The number of halogens is 2. The maximum atomic E-state index is 14.8. The number of amidine groups is 1. The van der Waals surface area contributed by atoms with Gasteiger partial charge in [-0.3, -0.25) is 9.79 Å². The number of esters is 2. The molecule has 0 spiro atoms. The summed E-state index contributed by atoms with van der Waals surface area (Å²) in [4.78, 5) is 35.0. The number of hydrogen-bond donors (Lipinski definition) is 1. The zero-order valence-electron chi connectivity index (χ0n) is 25.9. The van der Waals surface area contributed by atoms with Gasteiger partial charge in [-0.25, -0.2) is 31.3 Å². The molecular weight excluding hydrogens is 626 g/mol. The van der Waals surface area contributed by atoms with Gasteiger partial charge in [0.1, 0.15) is 11.6 Å². The zero-order chi connectivity index (χ0) is 32.7. The smallest absolute Gasteiger partial charge is 0.338 e. The van der Waals surface area contributed by atoms with E-state index < -0.39 is 50.4 Å². The minimum Gasteiger partial charge on any atom is -0.463 e. The second-order valence-corrected chi connectivity index (χ2v) is 15.6. The summed E-state index contributed by atoms with van der Waals surface area (Å²) in [5, 5.41) is 4.95. The fourth-order valence-electron chi connectivity index (χ4n) is 5.95. The molecule has 3 heterocycles. The van der Waals surface area contributed by atoms with Gasteiger partial charge in [-0.1, -0.05) is 6.07 Å². The molecular formula is C31H38F2N4O6S2. The van der Waals surface area contributed by atoms with Crippen LogP contribution in [-0.4, -0.2) is 66.0 Å². The number of allylic oxidation sites excluding steroid dienone is 1. The molecule has 2 fully saturated rings. The van der Waals surface area contributed by atoms with Gasteiger partial charge in [-0.2, -0.15) is 0 Å². The summed E-state index contributed by atoms with van der Waals surface area (Å²) in [7, 11) is -3.65. The van der Waals surface area contributed by atoms with E-state index in [1.165, 1.54) is 28.6 Å². The Hall–Kier alpha value is -3.23. The molecule has 5 rings (SSSR count). The van der Waals surface area contributed by atoms with Crippen LogP contribution >= 0.6 is 11.3 Å². The lowest BCUT2D eigenvalue weighted by Crippen LogP contribution is -2.50.